The van der Waals surface area contributed by atoms with Gasteiger partial charge in [0.1, 0.15) is 5.75 Å². The maximum absolute atomic E-state index is 6.19. The quantitative estimate of drug-likeness (QED) is 0.879. The van der Waals surface area contributed by atoms with Gasteiger partial charge >= 0.3 is 0 Å². The van der Waals surface area contributed by atoms with E-state index < -0.39 is 0 Å². The predicted octanol–water partition coefficient (Wildman–Crippen LogP) is 3.39. The Morgan fingerprint density at radius 3 is 2.71 bits per heavy atom. The minimum atomic E-state index is 0.0603. The van der Waals surface area contributed by atoms with Crippen molar-refractivity contribution in [2.24, 2.45) is 5.73 Å². The van der Waals surface area contributed by atoms with E-state index in [-0.39, 0.29) is 6.04 Å². The van der Waals surface area contributed by atoms with Gasteiger partial charge in [-0.2, -0.15) is 0 Å². The van der Waals surface area contributed by atoms with Crippen LogP contribution >= 0.6 is 11.3 Å². The molecule has 3 heteroatoms. The van der Waals surface area contributed by atoms with E-state index in [0.717, 1.165) is 23.5 Å². The van der Waals surface area contributed by atoms with E-state index in [4.69, 9.17) is 10.5 Å². The molecule has 90 valence electrons. The average Bonchev–Trinajstić information content (AvgIpc) is 2.85. The summed E-state index contributed by atoms with van der Waals surface area (Å²) >= 11 is 1.67. The fourth-order valence-electron chi connectivity index (χ4n) is 1.85. The van der Waals surface area contributed by atoms with Crippen molar-refractivity contribution in [3.8, 4) is 5.75 Å². The summed E-state index contributed by atoms with van der Waals surface area (Å²) in [5.74, 6) is 0.913. The van der Waals surface area contributed by atoms with Crippen LogP contribution < -0.4 is 10.5 Å². The number of hydrogen-bond donors (Lipinski definition) is 1. The molecule has 0 radical (unpaired) electrons. The molecule has 0 bridgehead atoms. The molecule has 2 aromatic rings. The lowest BCUT2D eigenvalue weighted by atomic mass is 10.0. The Labute approximate surface area is 106 Å². The second-order valence-electron chi connectivity index (χ2n) is 3.98. The number of hydrogen-bond acceptors (Lipinski definition) is 3. The van der Waals surface area contributed by atoms with Gasteiger partial charge in [0.15, 0.2) is 0 Å². The molecule has 1 atom stereocenters. The Hall–Kier alpha value is -1.32. The highest BCUT2D eigenvalue weighted by Gasteiger charge is 2.13. The summed E-state index contributed by atoms with van der Waals surface area (Å²) in [6.45, 7) is 0. The van der Waals surface area contributed by atoms with Crippen LogP contribution in [0.5, 0.6) is 5.75 Å². The van der Waals surface area contributed by atoms with E-state index in [2.05, 4.69) is 24.3 Å². The third-order valence-electron chi connectivity index (χ3n) is 2.80. The van der Waals surface area contributed by atoms with Gasteiger partial charge in [-0.3, -0.25) is 0 Å². The van der Waals surface area contributed by atoms with Crippen LogP contribution in [0.2, 0.25) is 0 Å². The lowest BCUT2D eigenvalue weighted by Gasteiger charge is -2.11. The van der Waals surface area contributed by atoms with Crippen molar-refractivity contribution in [1.29, 1.82) is 0 Å². The first kappa shape index (κ1) is 12.1. The van der Waals surface area contributed by atoms with Gasteiger partial charge in [-0.15, -0.1) is 11.3 Å². The number of benzene rings is 1. The summed E-state index contributed by atoms with van der Waals surface area (Å²) in [7, 11) is 1.69. The molecule has 0 aliphatic carbocycles. The first-order chi connectivity index (χ1) is 8.31. The molecule has 1 aromatic carbocycles. The Bertz CT molecular complexity index is 452. The van der Waals surface area contributed by atoms with E-state index in [1.165, 1.54) is 5.56 Å². The van der Waals surface area contributed by atoms with Gasteiger partial charge in [-0.25, -0.2) is 0 Å². The Morgan fingerprint density at radius 1 is 1.24 bits per heavy atom. The zero-order chi connectivity index (χ0) is 12.1. The first-order valence-corrected chi connectivity index (χ1v) is 6.60. The summed E-state index contributed by atoms with van der Waals surface area (Å²) in [5, 5.41) is 2.02. The molecule has 1 aromatic heterocycles. The van der Waals surface area contributed by atoms with E-state index in [9.17, 15) is 0 Å². The molecule has 0 saturated carbocycles. The van der Waals surface area contributed by atoms with Gasteiger partial charge < -0.3 is 10.5 Å². The molecule has 17 heavy (non-hydrogen) atoms. The van der Waals surface area contributed by atoms with Gasteiger partial charge in [-0.05, 0) is 29.9 Å². The van der Waals surface area contributed by atoms with Crippen molar-refractivity contribution < 1.29 is 4.74 Å². The minimum absolute atomic E-state index is 0.0603. The normalized spacial score (nSPS) is 12.4. The van der Waals surface area contributed by atoms with Crippen molar-refractivity contribution in [3.05, 3.63) is 52.2 Å². The van der Waals surface area contributed by atoms with Gasteiger partial charge in [0.05, 0.1) is 12.0 Å². The van der Waals surface area contributed by atoms with Gasteiger partial charge in [0, 0.05) is 6.04 Å². The van der Waals surface area contributed by atoms with Gasteiger partial charge in [0.25, 0.3) is 0 Å². The Morgan fingerprint density at radius 2 is 2.00 bits per heavy atom. The molecular formula is C14H17NOS. The third-order valence-corrected chi connectivity index (χ3v) is 3.83. The van der Waals surface area contributed by atoms with E-state index >= 15 is 0 Å². The largest absolute Gasteiger partial charge is 0.496 e. The van der Waals surface area contributed by atoms with E-state index in [1.54, 1.807) is 18.4 Å². The highest BCUT2D eigenvalue weighted by atomic mass is 32.1. The standard InChI is InChI=1S/C14H17NOS/c1-16-13-9-10-17-14(13)12(15)8-7-11-5-3-2-4-6-11/h2-6,9-10,12H,7-8,15H2,1H3. The monoisotopic (exact) mass is 247 g/mol. The molecule has 0 fully saturated rings. The van der Waals surface area contributed by atoms with Crippen LogP contribution in [0.15, 0.2) is 41.8 Å². The average molecular weight is 247 g/mol. The zero-order valence-corrected chi connectivity index (χ0v) is 10.7. The van der Waals surface area contributed by atoms with Crippen LogP contribution in [0.1, 0.15) is 22.9 Å². The molecule has 0 saturated heterocycles. The molecular weight excluding hydrogens is 230 g/mol. The topological polar surface area (TPSA) is 35.2 Å². The summed E-state index contributed by atoms with van der Waals surface area (Å²) in [6, 6.07) is 12.5. The summed E-state index contributed by atoms with van der Waals surface area (Å²) in [5.41, 5.74) is 7.53. The predicted molar refractivity (Wildman–Crippen MR) is 72.6 cm³/mol. The SMILES string of the molecule is COc1ccsc1C(N)CCc1ccccc1. The first-order valence-electron chi connectivity index (χ1n) is 5.72. The van der Waals surface area contributed by atoms with Crippen LogP contribution in [0.4, 0.5) is 0 Å². The summed E-state index contributed by atoms with van der Waals surface area (Å²) in [4.78, 5) is 1.14. The molecule has 0 amide bonds. The number of thiophene rings is 1. The smallest absolute Gasteiger partial charge is 0.134 e. The van der Waals surface area contributed by atoms with E-state index in [0.29, 0.717) is 0 Å². The third kappa shape index (κ3) is 3.08. The van der Waals surface area contributed by atoms with Crippen molar-refractivity contribution in [2.75, 3.05) is 7.11 Å². The summed E-state index contributed by atoms with van der Waals surface area (Å²) in [6.07, 6.45) is 1.95. The van der Waals surface area contributed by atoms with Gasteiger partial charge in [-0.1, -0.05) is 30.3 Å². The van der Waals surface area contributed by atoms with Crippen LogP contribution in [0, 0.1) is 0 Å². The Kier molecular flexibility index (Phi) is 4.18. The second kappa shape index (κ2) is 5.84. The van der Waals surface area contributed by atoms with Crippen LogP contribution in [0.3, 0.4) is 0 Å². The van der Waals surface area contributed by atoms with Crippen molar-refractivity contribution in [2.45, 2.75) is 18.9 Å². The number of ether oxygens (including phenoxy) is 1. The second-order valence-corrected chi connectivity index (χ2v) is 4.93. The molecule has 2 rings (SSSR count). The molecule has 0 aliphatic rings. The fraction of sp³-hybridized carbons (Fsp3) is 0.286. The van der Waals surface area contributed by atoms with Crippen molar-refractivity contribution in [3.63, 3.8) is 0 Å². The number of aryl methyl sites for hydroxylation is 1. The highest BCUT2D eigenvalue weighted by molar-refractivity contribution is 7.10. The fourth-order valence-corrected chi connectivity index (χ4v) is 2.74. The maximum atomic E-state index is 6.19. The molecule has 2 N–H and O–H groups in total. The Balaban J connectivity index is 1.96. The lowest BCUT2D eigenvalue weighted by molar-refractivity contribution is 0.407. The van der Waals surface area contributed by atoms with Crippen LogP contribution in [-0.2, 0) is 6.42 Å². The zero-order valence-electron chi connectivity index (χ0n) is 9.93. The molecule has 1 unspecified atom stereocenters. The molecule has 0 aliphatic heterocycles. The highest BCUT2D eigenvalue weighted by Crippen LogP contribution is 2.31. The van der Waals surface area contributed by atoms with Crippen LogP contribution in [-0.4, -0.2) is 7.11 Å². The lowest BCUT2D eigenvalue weighted by Crippen LogP contribution is -2.10. The number of rotatable bonds is 5. The summed E-state index contributed by atoms with van der Waals surface area (Å²) < 4.78 is 5.29. The van der Waals surface area contributed by atoms with Crippen LogP contribution in [0.25, 0.3) is 0 Å². The number of nitrogens with two attached hydrogens (primary N) is 1. The number of methoxy groups -OCH3 is 1. The molecule has 2 nitrogen and oxygen atoms in total. The van der Waals surface area contributed by atoms with Crippen molar-refractivity contribution in [1.82, 2.24) is 0 Å². The van der Waals surface area contributed by atoms with E-state index in [1.807, 2.05) is 17.5 Å². The minimum Gasteiger partial charge on any atom is -0.496 e. The van der Waals surface area contributed by atoms with Crippen molar-refractivity contribution >= 4 is 11.3 Å². The molecule has 1 heterocycles. The van der Waals surface area contributed by atoms with Gasteiger partial charge in [0.2, 0.25) is 0 Å². The maximum Gasteiger partial charge on any atom is 0.134 e. The molecule has 0 spiro atoms.